The van der Waals surface area contributed by atoms with E-state index < -0.39 is 10.0 Å². The molecule has 13 heteroatoms. The number of benzene rings is 3. The first-order valence-corrected chi connectivity index (χ1v) is 17.1. The summed E-state index contributed by atoms with van der Waals surface area (Å²) < 4.78 is 61.9. The first-order chi connectivity index (χ1) is 22.5. The van der Waals surface area contributed by atoms with Crippen LogP contribution in [0, 0.1) is 0 Å². The molecule has 0 saturated heterocycles. The molecule has 1 N–H and O–H groups in total. The number of aromatic nitrogens is 2. The van der Waals surface area contributed by atoms with Crippen LogP contribution in [-0.2, 0) is 24.1 Å². The molecule has 0 unspecified atom stereocenters. The second-order valence-corrected chi connectivity index (χ2v) is 13.2. The quantitative estimate of drug-likeness (QED) is 0.131. The minimum absolute atomic E-state index is 0.0458. The molecule has 0 saturated carbocycles. The van der Waals surface area contributed by atoms with Crippen LogP contribution in [0.1, 0.15) is 39.0 Å². The highest BCUT2D eigenvalue weighted by Gasteiger charge is 2.22. The molecule has 0 aliphatic heterocycles. The molecule has 4 aromatic rings. The molecule has 1 heterocycles. The Bertz CT molecular complexity index is 1830. The van der Waals surface area contributed by atoms with Crippen LogP contribution in [0.3, 0.4) is 0 Å². The van der Waals surface area contributed by atoms with Crippen molar-refractivity contribution in [2.45, 2.75) is 43.9 Å². The van der Waals surface area contributed by atoms with E-state index in [1.54, 1.807) is 38.4 Å². The standard InChI is InChI=1S/C34H46N4O8S/c1-8-16-44-24-18-25(45-17-12-10-9-11-15-36(2)3)20-26(19-24)46-32-23-30-29(37(4)34(39)38(30)5)22-28(32)35-47(40,41)27-13-14-31(42-6)33(21-27)43-7/h13-14,18-23,35H,8-12,15-17H2,1-7H3. The fourth-order valence-corrected chi connectivity index (χ4v) is 6.15. The summed E-state index contributed by atoms with van der Waals surface area (Å²) in [6.45, 7) is 4.12. The third kappa shape index (κ3) is 8.92. The van der Waals surface area contributed by atoms with Gasteiger partial charge in [-0.3, -0.25) is 13.9 Å². The number of anilines is 1. The number of fused-ring (bicyclic) bond motifs is 1. The maximum atomic E-state index is 13.7. The maximum Gasteiger partial charge on any atom is 0.328 e. The van der Waals surface area contributed by atoms with E-state index >= 15 is 0 Å². The Morgan fingerprint density at radius 1 is 0.745 bits per heavy atom. The number of hydrogen-bond donors (Lipinski definition) is 1. The summed E-state index contributed by atoms with van der Waals surface area (Å²) >= 11 is 0. The van der Waals surface area contributed by atoms with E-state index in [0.717, 1.165) is 38.6 Å². The second-order valence-electron chi connectivity index (χ2n) is 11.5. The van der Waals surface area contributed by atoms with Crippen LogP contribution < -0.4 is 34.1 Å². The molecule has 4 rings (SSSR count). The summed E-state index contributed by atoms with van der Waals surface area (Å²) in [5, 5.41) is 0. The summed E-state index contributed by atoms with van der Waals surface area (Å²) in [5.74, 6) is 2.35. The van der Waals surface area contributed by atoms with Gasteiger partial charge in [0.15, 0.2) is 17.2 Å². The van der Waals surface area contributed by atoms with E-state index in [0.29, 0.717) is 47.2 Å². The largest absolute Gasteiger partial charge is 0.493 e. The Morgan fingerprint density at radius 3 is 2.00 bits per heavy atom. The van der Waals surface area contributed by atoms with Crippen LogP contribution in [0.5, 0.6) is 34.5 Å². The second kappa shape index (κ2) is 16.0. The van der Waals surface area contributed by atoms with Gasteiger partial charge in [-0.1, -0.05) is 19.8 Å². The van der Waals surface area contributed by atoms with Gasteiger partial charge < -0.3 is 28.6 Å². The lowest BCUT2D eigenvalue weighted by Crippen LogP contribution is -2.19. The fraction of sp³-hybridized carbons (Fsp3) is 0.441. The monoisotopic (exact) mass is 670 g/mol. The van der Waals surface area contributed by atoms with Crippen LogP contribution in [0.4, 0.5) is 5.69 Å². The van der Waals surface area contributed by atoms with Gasteiger partial charge in [-0.25, -0.2) is 13.2 Å². The minimum Gasteiger partial charge on any atom is -0.493 e. The van der Waals surface area contributed by atoms with Gasteiger partial charge in [0.25, 0.3) is 10.0 Å². The van der Waals surface area contributed by atoms with Crippen molar-refractivity contribution in [1.29, 1.82) is 0 Å². The van der Waals surface area contributed by atoms with Crippen LogP contribution in [0.15, 0.2) is 58.2 Å². The Morgan fingerprint density at radius 2 is 1.36 bits per heavy atom. The van der Waals surface area contributed by atoms with E-state index in [-0.39, 0.29) is 27.8 Å². The van der Waals surface area contributed by atoms with Crippen LogP contribution in [0.2, 0.25) is 0 Å². The van der Waals surface area contributed by atoms with E-state index in [1.165, 1.54) is 41.6 Å². The van der Waals surface area contributed by atoms with Gasteiger partial charge in [0.05, 0.1) is 49.0 Å². The van der Waals surface area contributed by atoms with Gasteiger partial charge >= 0.3 is 5.69 Å². The van der Waals surface area contributed by atoms with Crippen molar-refractivity contribution in [2.75, 3.05) is 52.8 Å². The summed E-state index contributed by atoms with van der Waals surface area (Å²) in [7, 11) is 6.19. The third-order valence-corrected chi connectivity index (χ3v) is 8.97. The number of aryl methyl sites for hydroxylation is 2. The van der Waals surface area contributed by atoms with Crippen molar-refractivity contribution >= 4 is 26.7 Å². The summed E-state index contributed by atoms with van der Waals surface area (Å²) in [5.41, 5.74) is 0.946. The zero-order valence-corrected chi connectivity index (χ0v) is 29.1. The molecule has 12 nitrogen and oxygen atoms in total. The van der Waals surface area contributed by atoms with Gasteiger partial charge in [-0.05, 0) is 58.1 Å². The Labute approximate surface area is 276 Å². The van der Waals surface area contributed by atoms with Crippen molar-refractivity contribution in [2.24, 2.45) is 14.1 Å². The molecule has 256 valence electrons. The topological polar surface area (TPSA) is 122 Å². The number of ether oxygens (including phenoxy) is 5. The highest BCUT2D eigenvalue weighted by molar-refractivity contribution is 7.92. The highest BCUT2D eigenvalue weighted by atomic mass is 32.2. The zero-order valence-electron chi connectivity index (χ0n) is 28.3. The molecule has 0 amide bonds. The molecule has 0 atom stereocenters. The maximum absolute atomic E-state index is 13.7. The van der Waals surface area contributed by atoms with Crippen LogP contribution in [0.25, 0.3) is 11.0 Å². The molecule has 0 fully saturated rings. The van der Waals surface area contributed by atoms with Crippen LogP contribution >= 0.6 is 0 Å². The number of imidazole rings is 1. The fourth-order valence-electron chi connectivity index (χ4n) is 5.07. The van der Waals surface area contributed by atoms with Crippen molar-refractivity contribution in [3.8, 4) is 34.5 Å². The molecule has 0 bridgehead atoms. The number of hydrogen-bond acceptors (Lipinski definition) is 9. The van der Waals surface area contributed by atoms with Gasteiger partial charge in [0, 0.05) is 44.4 Å². The Kier molecular flexibility index (Phi) is 12.1. The average Bonchev–Trinajstić information content (AvgIpc) is 3.25. The van der Waals surface area contributed by atoms with Crippen molar-refractivity contribution in [3.05, 3.63) is 59.0 Å². The smallest absolute Gasteiger partial charge is 0.328 e. The number of sulfonamides is 1. The Balaban J connectivity index is 1.67. The van der Waals surface area contributed by atoms with E-state index in [1.807, 2.05) is 13.0 Å². The molecule has 0 aliphatic rings. The van der Waals surface area contributed by atoms with Crippen molar-refractivity contribution < 1.29 is 32.1 Å². The van der Waals surface area contributed by atoms with Gasteiger partial charge in [0.1, 0.15) is 17.2 Å². The number of nitrogens with one attached hydrogen (secondary N) is 1. The lowest BCUT2D eigenvalue weighted by Gasteiger charge is -2.17. The first kappa shape index (κ1) is 35.5. The van der Waals surface area contributed by atoms with Gasteiger partial charge in [-0.2, -0.15) is 0 Å². The summed E-state index contributed by atoms with van der Waals surface area (Å²) in [6.07, 6.45) is 5.05. The van der Waals surface area contributed by atoms with E-state index in [9.17, 15) is 13.2 Å². The molecule has 0 spiro atoms. The first-order valence-electron chi connectivity index (χ1n) is 15.6. The highest BCUT2D eigenvalue weighted by Crippen LogP contribution is 2.38. The minimum atomic E-state index is -4.14. The summed E-state index contributed by atoms with van der Waals surface area (Å²) in [4.78, 5) is 14.9. The molecular formula is C34H46N4O8S. The lowest BCUT2D eigenvalue weighted by atomic mass is 10.2. The summed E-state index contributed by atoms with van der Waals surface area (Å²) in [6, 6.07) is 12.8. The average molecular weight is 671 g/mol. The number of rotatable bonds is 18. The van der Waals surface area contributed by atoms with E-state index in [2.05, 4.69) is 23.7 Å². The molecule has 3 aromatic carbocycles. The number of methoxy groups -OCH3 is 2. The molecule has 47 heavy (non-hydrogen) atoms. The van der Waals surface area contributed by atoms with Gasteiger partial charge in [-0.15, -0.1) is 0 Å². The van der Waals surface area contributed by atoms with Crippen molar-refractivity contribution in [1.82, 2.24) is 14.0 Å². The molecule has 0 aliphatic carbocycles. The van der Waals surface area contributed by atoms with Crippen molar-refractivity contribution in [3.63, 3.8) is 0 Å². The molecule has 1 aromatic heterocycles. The predicted octanol–water partition coefficient (Wildman–Crippen LogP) is 5.78. The van der Waals surface area contributed by atoms with Crippen LogP contribution in [-0.4, -0.2) is 70.5 Å². The van der Waals surface area contributed by atoms with Gasteiger partial charge in [0.2, 0.25) is 0 Å². The lowest BCUT2D eigenvalue weighted by molar-refractivity contribution is 0.291. The third-order valence-electron chi connectivity index (χ3n) is 7.61. The number of unbranched alkanes of at least 4 members (excludes halogenated alkanes) is 3. The van der Waals surface area contributed by atoms with E-state index in [4.69, 9.17) is 23.7 Å². The number of nitrogens with zero attached hydrogens (tertiary/aromatic N) is 3. The zero-order chi connectivity index (χ0) is 34.1. The predicted molar refractivity (Wildman–Crippen MR) is 183 cm³/mol. The molecule has 0 radical (unpaired) electrons. The molecular weight excluding hydrogens is 624 g/mol. The SMILES string of the molecule is CCCOc1cc(OCCCCCCN(C)C)cc(Oc2cc3c(cc2NS(=O)(=O)c2ccc(OC)c(OC)c2)n(C)c(=O)n3C)c1. The Hall–Kier alpha value is -4.36. The normalized spacial score (nSPS) is 11.6.